The molecule has 38 heavy (non-hydrogen) atoms. The largest absolute Gasteiger partial charge is 0.457 e. The van der Waals surface area contributed by atoms with E-state index in [9.17, 15) is 4.79 Å². The van der Waals surface area contributed by atoms with Crippen LogP contribution in [0.4, 0.5) is 0 Å². The van der Waals surface area contributed by atoms with Gasteiger partial charge in [0.05, 0.1) is 10.0 Å². The number of aryl methyl sites for hydroxylation is 1. The quantitative estimate of drug-likeness (QED) is 0.174. The lowest BCUT2D eigenvalue weighted by molar-refractivity contribution is -0.115. The summed E-state index contributed by atoms with van der Waals surface area (Å²) in [7, 11) is 0. The van der Waals surface area contributed by atoms with Gasteiger partial charge < -0.3 is 9.73 Å². The van der Waals surface area contributed by atoms with Crippen LogP contribution in [-0.4, -0.2) is 30.8 Å². The van der Waals surface area contributed by atoms with Crippen molar-refractivity contribution in [1.82, 2.24) is 30.4 Å². The fourth-order valence-electron chi connectivity index (χ4n) is 3.58. The molecule has 0 aliphatic rings. The highest BCUT2D eigenvalue weighted by atomic mass is 35.5. The first kappa shape index (κ1) is 26.1. The molecule has 3 heterocycles. The zero-order valence-corrected chi connectivity index (χ0v) is 23.1. The standard InChI is InChI=1S/C26H20Cl2N6O2S2/c1-2-21-31-32-26-34(21)33-24(38-26)16-8-6-15(7-9-16)14-29-25(37)30-22(35)13-11-17-10-12-20(36-17)18-4-3-5-19(27)23(18)28/h3-13H,2,14H2,1H3,(H2,29,30,35,37)/b13-11+. The molecule has 192 valence electrons. The number of carbonyl (C=O) groups excluding carboxylic acids is 1. The summed E-state index contributed by atoms with van der Waals surface area (Å²) in [5.74, 6) is 1.49. The van der Waals surface area contributed by atoms with Crippen LogP contribution in [0.5, 0.6) is 0 Å². The molecule has 0 fully saturated rings. The van der Waals surface area contributed by atoms with E-state index in [0.29, 0.717) is 33.7 Å². The van der Waals surface area contributed by atoms with Crippen molar-refractivity contribution in [3.63, 3.8) is 0 Å². The Bertz CT molecular complexity index is 1660. The van der Waals surface area contributed by atoms with Crippen LogP contribution in [-0.2, 0) is 17.8 Å². The second kappa shape index (κ2) is 11.4. The number of benzene rings is 2. The Balaban J connectivity index is 1.12. The number of halogens is 2. The summed E-state index contributed by atoms with van der Waals surface area (Å²) in [4.78, 5) is 13.1. The van der Waals surface area contributed by atoms with E-state index >= 15 is 0 Å². The molecule has 12 heteroatoms. The number of thiocarbonyl (C=S) groups is 1. The highest BCUT2D eigenvalue weighted by Gasteiger charge is 2.12. The van der Waals surface area contributed by atoms with Gasteiger partial charge in [-0.1, -0.05) is 71.8 Å². The van der Waals surface area contributed by atoms with Crippen LogP contribution in [0.3, 0.4) is 0 Å². The molecule has 0 bridgehead atoms. The Hall–Kier alpha value is -3.57. The van der Waals surface area contributed by atoms with E-state index in [0.717, 1.165) is 33.3 Å². The maximum Gasteiger partial charge on any atom is 0.250 e. The van der Waals surface area contributed by atoms with Gasteiger partial charge in [-0.2, -0.15) is 9.61 Å². The molecule has 0 saturated heterocycles. The van der Waals surface area contributed by atoms with Crippen molar-refractivity contribution in [2.75, 3.05) is 0 Å². The van der Waals surface area contributed by atoms with E-state index in [1.165, 1.54) is 17.4 Å². The van der Waals surface area contributed by atoms with Crippen molar-refractivity contribution >= 4 is 68.8 Å². The molecule has 3 aromatic heterocycles. The predicted molar refractivity (Wildman–Crippen MR) is 154 cm³/mol. The van der Waals surface area contributed by atoms with Gasteiger partial charge in [0.2, 0.25) is 10.9 Å². The number of nitrogens with one attached hydrogen (secondary N) is 2. The van der Waals surface area contributed by atoms with Gasteiger partial charge in [-0.25, -0.2) is 0 Å². The van der Waals surface area contributed by atoms with Gasteiger partial charge in [0.15, 0.2) is 10.9 Å². The summed E-state index contributed by atoms with van der Waals surface area (Å²) >= 11 is 19.1. The van der Waals surface area contributed by atoms with Crippen LogP contribution < -0.4 is 10.6 Å². The van der Waals surface area contributed by atoms with E-state index < -0.39 is 0 Å². The Morgan fingerprint density at radius 2 is 1.95 bits per heavy atom. The maximum atomic E-state index is 12.3. The third kappa shape index (κ3) is 5.78. The van der Waals surface area contributed by atoms with Crippen molar-refractivity contribution in [3.05, 3.63) is 87.9 Å². The summed E-state index contributed by atoms with van der Waals surface area (Å²) in [6, 6.07) is 16.7. The van der Waals surface area contributed by atoms with Crippen LogP contribution >= 0.6 is 46.8 Å². The van der Waals surface area contributed by atoms with Gasteiger partial charge in [-0.3, -0.25) is 10.1 Å². The average molecular weight is 584 g/mol. The number of nitrogens with zero attached hydrogens (tertiary/aromatic N) is 4. The molecule has 2 N–H and O–H groups in total. The molecular weight excluding hydrogens is 563 g/mol. The van der Waals surface area contributed by atoms with Gasteiger partial charge >= 0.3 is 0 Å². The summed E-state index contributed by atoms with van der Waals surface area (Å²) in [6.07, 6.45) is 3.66. The van der Waals surface area contributed by atoms with Crippen LogP contribution in [0.15, 0.2) is 65.1 Å². The minimum Gasteiger partial charge on any atom is -0.457 e. The SMILES string of the molecule is CCc1nnc2sc(-c3ccc(CNC(=S)NC(=O)/C=C/c4ccc(-c5cccc(Cl)c5Cl)o4)cc3)nn12. The second-order valence-corrected chi connectivity index (χ2v) is 10.2. The van der Waals surface area contributed by atoms with Crippen LogP contribution in [0, 0.1) is 0 Å². The highest BCUT2D eigenvalue weighted by molar-refractivity contribution is 7.80. The number of hydrogen-bond acceptors (Lipinski definition) is 7. The Morgan fingerprint density at radius 3 is 2.74 bits per heavy atom. The first-order valence-corrected chi connectivity index (χ1v) is 13.5. The summed E-state index contributed by atoms with van der Waals surface area (Å²) < 4.78 is 7.54. The third-order valence-electron chi connectivity index (χ3n) is 5.51. The molecule has 8 nitrogen and oxygen atoms in total. The number of rotatable bonds is 7. The number of carbonyl (C=O) groups is 1. The molecule has 0 spiro atoms. The molecule has 0 saturated carbocycles. The van der Waals surface area contributed by atoms with E-state index in [4.69, 9.17) is 39.8 Å². The van der Waals surface area contributed by atoms with Gasteiger partial charge in [0, 0.05) is 30.2 Å². The molecule has 5 aromatic rings. The molecular formula is C26H20Cl2N6O2S2. The molecule has 1 amide bonds. The number of aromatic nitrogens is 4. The molecule has 0 unspecified atom stereocenters. The van der Waals surface area contributed by atoms with Crippen molar-refractivity contribution in [3.8, 4) is 21.9 Å². The lowest BCUT2D eigenvalue weighted by atomic mass is 10.1. The van der Waals surface area contributed by atoms with Crippen molar-refractivity contribution in [2.24, 2.45) is 0 Å². The zero-order valence-electron chi connectivity index (χ0n) is 19.9. The summed E-state index contributed by atoms with van der Waals surface area (Å²) in [5.41, 5.74) is 2.67. The minimum absolute atomic E-state index is 0.218. The monoisotopic (exact) mass is 582 g/mol. The fraction of sp³-hybridized carbons (Fsp3) is 0.115. The Labute approximate surface area is 237 Å². The molecule has 2 aromatic carbocycles. The van der Waals surface area contributed by atoms with E-state index in [1.807, 2.05) is 37.3 Å². The molecule has 0 atom stereocenters. The zero-order chi connectivity index (χ0) is 26.6. The lowest BCUT2D eigenvalue weighted by Gasteiger charge is -2.08. The third-order valence-corrected chi connectivity index (χ3v) is 7.52. The molecule has 0 aliphatic carbocycles. The Morgan fingerprint density at radius 1 is 1.13 bits per heavy atom. The lowest BCUT2D eigenvalue weighted by Crippen LogP contribution is -2.37. The Kier molecular flexibility index (Phi) is 7.85. The maximum absolute atomic E-state index is 12.3. The minimum atomic E-state index is -0.383. The smallest absolute Gasteiger partial charge is 0.250 e. The first-order valence-electron chi connectivity index (χ1n) is 11.5. The van der Waals surface area contributed by atoms with Gasteiger partial charge in [-0.15, -0.1) is 10.2 Å². The van der Waals surface area contributed by atoms with Crippen molar-refractivity contribution in [1.29, 1.82) is 0 Å². The fourth-order valence-corrected chi connectivity index (χ4v) is 5.01. The van der Waals surface area contributed by atoms with Crippen molar-refractivity contribution < 1.29 is 9.21 Å². The van der Waals surface area contributed by atoms with Crippen LogP contribution in [0.1, 0.15) is 24.1 Å². The summed E-state index contributed by atoms with van der Waals surface area (Å²) in [6.45, 7) is 2.48. The topological polar surface area (TPSA) is 97.3 Å². The average Bonchev–Trinajstić information content (AvgIpc) is 3.64. The predicted octanol–water partition coefficient (Wildman–Crippen LogP) is 6.19. The highest BCUT2D eigenvalue weighted by Crippen LogP contribution is 2.34. The van der Waals surface area contributed by atoms with Gasteiger partial charge in [0.25, 0.3) is 0 Å². The van der Waals surface area contributed by atoms with Crippen LogP contribution in [0.2, 0.25) is 10.0 Å². The van der Waals surface area contributed by atoms with Gasteiger partial charge in [-0.05, 0) is 48.1 Å². The normalized spacial score (nSPS) is 11.3. The second-order valence-electron chi connectivity index (χ2n) is 8.08. The van der Waals surface area contributed by atoms with E-state index in [1.54, 1.807) is 34.9 Å². The number of furan rings is 1. The van der Waals surface area contributed by atoms with Crippen LogP contribution in [0.25, 0.3) is 32.9 Å². The van der Waals surface area contributed by atoms with E-state index in [-0.39, 0.29) is 11.0 Å². The van der Waals surface area contributed by atoms with E-state index in [2.05, 4.69) is 25.9 Å². The van der Waals surface area contributed by atoms with Gasteiger partial charge in [0.1, 0.15) is 16.5 Å². The number of fused-ring (bicyclic) bond motifs is 1. The van der Waals surface area contributed by atoms with Crippen molar-refractivity contribution in [2.45, 2.75) is 19.9 Å². The summed E-state index contributed by atoms with van der Waals surface area (Å²) in [5, 5.41) is 20.5. The number of amides is 1. The number of hydrogen-bond donors (Lipinski definition) is 2. The first-order chi connectivity index (χ1) is 18.4. The molecule has 0 aliphatic heterocycles. The molecule has 0 radical (unpaired) electrons. The molecule has 5 rings (SSSR count).